The smallest absolute Gasteiger partial charge is 0.265 e. The van der Waals surface area contributed by atoms with Gasteiger partial charge in [0.2, 0.25) is 0 Å². The zero-order valence-electron chi connectivity index (χ0n) is 13.9. The zero-order chi connectivity index (χ0) is 16.9. The van der Waals surface area contributed by atoms with Crippen molar-refractivity contribution in [2.45, 2.75) is 32.9 Å². The van der Waals surface area contributed by atoms with Gasteiger partial charge in [-0.05, 0) is 45.0 Å². The first kappa shape index (κ1) is 17.5. The second-order valence-electron chi connectivity index (χ2n) is 6.06. The number of amides is 1. The largest absolute Gasteiger partial charge is 0.395 e. The van der Waals surface area contributed by atoms with E-state index < -0.39 is 0 Å². The number of nitrogens with zero attached hydrogens (tertiary/aromatic N) is 3. The van der Waals surface area contributed by atoms with Gasteiger partial charge in [0, 0.05) is 16.3 Å². The molecule has 0 unspecified atom stereocenters. The van der Waals surface area contributed by atoms with Crippen molar-refractivity contribution in [3.05, 3.63) is 38.0 Å². The van der Waals surface area contributed by atoms with Crippen molar-refractivity contribution in [3.8, 4) is 0 Å². The summed E-state index contributed by atoms with van der Waals surface area (Å²) in [5.41, 5.74) is 0. The summed E-state index contributed by atoms with van der Waals surface area (Å²) in [6, 6.07) is 4.10. The van der Waals surface area contributed by atoms with E-state index in [0.717, 1.165) is 29.5 Å². The van der Waals surface area contributed by atoms with Gasteiger partial charge < -0.3 is 10.0 Å². The lowest BCUT2D eigenvalue weighted by molar-refractivity contribution is 0.0714. The molecular formula is C17H23N3O2S2. The van der Waals surface area contributed by atoms with Crippen molar-refractivity contribution in [3.63, 3.8) is 0 Å². The molecule has 1 aliphatic rings. The molecule has 2 aromatic heterocycles. The molecule has 1 N–H and O–H groups in total. The van der Waals surface area contributed by atoms with Crippen LogP contribution in [-0.2, 0) is 13.1 Å². The maximum Gasteiger partial charge on any atom is 0.265 e. The number of aryl methyl sites for hydroxylation is 1. The average Bonchev–Trinajstić information content (AvgIpc) is 3.30. The van der Waals surface area contributed by atoms with Crippen LogP contribution in [0.3, 0.4) is 0 Å². The van der Waals surface area contributed by atoms with Crippen LogP contribution in [0.2, 0.25) is 0 Å². The molecule has 130 valence electrons. The molecule has 1 aliphatic heterocycles. The molecule has 2 aromatic rings. The van der Waals surface area contributed by atoms with Gasteiger partial charge in [0.1, 0.15) is 9.88 Å². The maximum absolute atomic E-state index is 12.8. The lowest BCUT2D eigenvalue weighted by Gasteiger charge is -2.20. The highest BCUT2D eigenvalue weighted by Gasteiger charge is 2.20. The molecular weight excluding hydrogens is 342 g/mol. The van der Waals surface area contributed by atoms with Gasteiger partial charge in [-0.25, -0.2) is 4.98 Å². The third kappa shape index (κ3) is 4.42. The predicted molar refractivity (Wildman–Crippen MR) is 97.5 cm³/mol. The van der Waals surface area contributed by atoms with Gasteiger partial charge in [0.05, 0.1) is 25.9 Å². The van der Waals surface area contributed by atoms with Crippen LogP contribution in [0.1, 0.15) is 37.3 Å². The van der Waals surface area contributed by atoms with Gasteiger partial charge >= 0.3 is 0 Å². The van der Waals surface area contributed by atoms with Gasteiger partial charge in [-0.3, -0.25) is 9.69 Å². The molecule has 0 bridgehead atoms. The Bertz CT molecular complexity index is 677. The Labute approximate surface area is 150 Å². The first-order valence-corrected chi connectivity index (χ1v) is 9.91. The molecule has 1 fully saturated rings. The number of aliphatic hydroxyl groups excluding tert-OH is 1. The number of aromatic nitrogens is 1. The van der Waals surface area contributed by atoms with E-state index in [1.807, 2.05) is 6.07 Å². The molecule has 1 saturated heterocycles. The number of carbonyl (C=O) groups is 1. The van der Waals surface area contributed by atoms with Crippen molar-refractivity contribution < 1.29 is 9.90 Å². The minimum atomic E-state index is -0.0414. The monoisotopic (exact) mass is 365 g/mol. The number of rotatable bonds is 7. The molecule has 5 nitrogen and oxygen atoms in total. The van der Waals surface area contributed by atoms with Crippen LogP contribution in [0.5, 0.6) is 0 Å². The lowest BCUT2D eigenvalue weighted by atomic mass is 10.3. The number of thiazole rings is 1. The van der Waals surface area contributed by atoms with E-state index >= 15 is 0 Å². The predicted octanol–water partition coefficient (Wildman–Crippen LogP) is 2.74. The number of aliphatic hydroxyl groups is 1. The van der Waals surface area contributed by atoms with Crippen LogP contribution >= 0.6 is 22.7 Å². The maximum atomic E-state index is 12.8. The van der Waals surface area contributed by atoms with Gasteiger partial charge in [0.25, 0.3) is 5.91 Å². The van der Waals surface area contributed by atoms with Crippen molar-refractivity contribution in [1.82, 2.24) is 14.8 Å². The number of likely N-dealkylation sites (tertiary alicyclic amines) is 1. The fraction of sp³-hybridized carbons (Fsp3) is 0.529. The van der Waals surface area contributed by atoms with Gasteiger partial charge in [-0.1, -0.05) is 0 Å². The van der Waals surface area contributed by atoms with Crippen LogP contribution in [-0.4, -0.2) is 52.0 Å². The quantitative estimate of drug-likeness (QED) is 0.820. The van der Waals surface area contributed by atoms with E-state index in [1.54, 1.807) is 22.4 Å². The van der Waals surface area contributed by atoms with E-state index in [2.05, 4.69) is 22.9 Å². The van der Waals surface area contributed by atoms with E-state index in [9.17, 15) is 9.90 Å². The molecule has 3 heterocycles. The summed E-state index contributed by atoms with van der Waals surface area (Å²) < 4.78 is 0. The molecule has 0 saturated carbocycles. The van der Waals surface area contributed by atoms with E-state index in [4.69, 9.17) is 0 Å². The topological polar surface area (TPSA) is 56.7 Å². The van der Waals surface area contributed by atoms with Crippen LogP contribution in [0.15, 0.2) is 18.3 Å². The molecule has 0 spiro atoms. The van der Waals surface area contributed by atoms with Gasteiger partial charge in [-0.2, -0.15) is 0 Å². The van der Waals surface area contributed by atoms with Crippen molar-refractivity contribution in [1.29, 1.82) is 0 Å². The minimum Gasteiger partial charge on any atom is -0.395 e. The Morgan fingerprint density at radius 3 is 2.79 bits per heavy atom. The lowest BCUT2D eigenvalue weighted by Crippen LogP contribution is -2.32. The Balaban J connectivity index is 1.66. The van der Waals surface area contributed by atoms with Crippen molar-refractivity contribution in [2.24, 2.45) is 0 Å². The molecule has 7 heteroatoms. The summed E-state index contributed by atoms with van der Waals surface area (Å²) in [5.74, 6) is -0.0414. The Hall–Kier alpha value is -1.28. The summed E-state index contributed by atoms with van der Waals surface area (Å²) in [6.45, 7) is 5.98. The van der Waals surface area contributed by atoms with Crippen molar-refractivity contribution in [2.75, 3.05) is 26.2 Å². The van der Waals surface area contributed by atoms with E-state index in [0.29, 0.717) is 18.0 Å². The number of hydrogen-bond donors (Lipinski definition) is 1. The molecule has 0 atom stereocenters. The summed E-state index contributed by atoms with van der Waals surface area (Å²) in [4.78, 5) is 24.3. The standard InChI is InChI=1S/C17H23N3O2S2/c1-13-4-5-14(23-13)11-20(8-9-21)17(22)15-10-18-16(24-15)12-19-6-2-3-7-19/h4-5,10,21H,2-3,6-9,11-12H2,1H3. The van der Waals surface area contributed by atoms with Gasteiger partial charge in [0.15, 0.2) is 0 Å². The average molecular weight is 366 g/mol. The second kappa shape index (κ2) is 8.20. The highest BCUT2D eigenvalue weighted by atomic mass is 32.1. The zero-order valence-corrected chi connectivity index (χ0v) is 15.5. The van der Waals surface area contributed by atoms with Crippen molar-refractivity contribution >= 4 is 28.6 Å². The number of carbonyl (C=O) groups excluding carboxylic acids is 1. The van der Waals surface area contributed by atoms with Crippen LogP contribution in [0.25, 0.3) is 0 Å². The molecule has 3 rings (SSSR count). The molecule has 0 aromatic carbocycles. The highest BCUT2D eigenvalue weighted by molar-refractivity contribution is 7.13. The van der Waals surface area contributed by atoms with E-state index in [-0.39, 0.29) is 12.5 Å². The summed E-state index contributed by atoms with van der Waals surface area (Å²) in [6.07, 6.45) is 4.19. The Morgan fingerprint density at radius 2 is 2.12 bits per heavy atom. The first-order chi connectivity index (χ1) is 11.7. The van der Waals surface area contributed by atoms with Crippen LogP contribution < -0.4 is 0 Å². The summed E-state index contributed by atoms with van der Waals surface area (Å²) in [5, 5.41) is 10.3. The number of hydrogen-bond acceptors (Lipinski definition) is 6. The third-order valence-electron chi connectivity index (χ3n) is 4.12. The normalized spacial score (nSPS) is 15.1. The Morgan fingerprint density at radius 1 is 1.33 bits per heavy atom. The highest BCUT2D eigenvalue weighted by Crippen LogP contribution is 2.22. The molecule has 1 amide bonds. The second-order valence-corrected chi connectivity index (χ2v) is 8.55. The SMILES string of the molecule is Cc1ccc(CN(CCO)C(=O)c2cnc(CN3CCCC3)s2)s1. The summed E-state index contributed by atoms with van der Waals surface area (Å²) >= 11 is 3.16. The molecule has 0 aliphatic carbocycles. The fourth-order valence-corrected chi connectivity index (χ4v) is 4.74. The minimum absolute atomic E-state index is 0.0322. The van der Waals surface area contributed by atoms with Crippen LogP contribution in [0, 0.1) is 6.92 Å². The first-order valence-electron chi connectivity index (χ1n) is 8.28. The number of thiophene rings is 1. The van der Waals surface area contributed by atoms with Crippen LogP contribution in [0.4, 0.5) is 0 Å². The Kier molecular flexibility index (Phi) is 5.99. The third-order valence-corrected chi connectivity index (χ3v) is 6.08. The summed E-state index contributed by atoms with van der Waals surface area (Å²) in [7, 11) is 0. The molecule has 0 radical (unpaired) electrons. The van der Waals surface area contributed by atoms with E-state index in [1.165, 1.54) is 29.1 Å². The fourth-order valence-electron chi connectivity index (χ4n) is 2.90. The molecule has 24 heavy (non-hydrogen) atoms. The van der Waals surface area contributed by atoms with Gasteiger partial charge in [-0.15, -0.1) is 22.7 Å².